The minimum Gasteiger partial charge on any atom is -0.313 e. The van der Waals surface area contributed by atoms with Gasteiger partial charge in [0.05, 0.1) is 5.52 Å². The molecule has 2 rings (SSSR count). The summed E-state index contributed by atoms with van der Waals surface area (Å²) in [6.07, 6.45) is 8.81. The molecule has 0 spiro atoms. The van der Waals surface area contributed by atoms with Crippen molar-refractivity contribution < 1.29 is 0 Å². The number of halogens is 1. The van der Waals surface area contributed by atoms with E-state index in [9.17, 15) is 0 Å². The van der Waals surface area contributed by atoms with Crippen molar-refractivity contribution >= 4 is 22.5 Å². The third-order valence-electron chi connectivity index (χ3n) is 2.79. The van der Waals surface area contributed by atoms with Crippen LogP contribution >= 0.6 is 11.6 Å². The monoisotopic (exact) mass is 258 g/mol. The predicted octanol–water partition coefficient (Wildman–Crippen LogP) is 3.39. The summed E-state index contributed by atoms with van der Waals surface area (Å²) in [7, 11) is 0. The highest BCUT2D eigenvalue weighted by Gasteiger charge is 2.04. The van der Waals surface area contributed by atoms with Gasteiger partial charge in [-0.05, 0) is 36.7 Å². The Bertz CT molecular complexity index is 572. The molecule has 0 atom stereocenters. The van der Waals surface area contributed by atoms with Crippen LogP contribution in [0.4, 0.5) is 0 Å². The van der Waals surface area contributed by atoms with E-state index in [0.29, 0.717) is 0 Å². The molecule has 0 aliphatic carbocycles. The lowest BCUT2D eigenvalue weighted by atomic mass is 10.1. The molecule has 0 amide bonds. The molecule has 2 nitrogen and oxygen atoms in total. The number of aromatic nitrogens is 1. The van der Waals surface area contributed by atoms with Crippen molar-refractivity contribution in [2.75, 3.05) is 6.54 Å². The zero-order valence-corrected chi connectivity index (χ0v) is 10.9. The van der Waals surface area contributed by atoms with E-state index in [1.54, 1.807) is 6.20 Å². The number of nitrogens with zero attached hydrogens (tertiary/aromatic N) is 1. The highest BCUT2D eigenvalue weighted by Crippen LogP contribution is 2.24. The zero-order valence-electron chi connectivity index (χ0n) is 10.1. The zero-order chi connectivity index (χ0) is 12.8. The van der Waals surface area contributed by atoms with Gasteiger partial charge in [-0.25, -0.2) is 0 Å². The first-order valence-corrected chi connectivity index (χ1v) is 6.37. The number of unbranched alkanes of at least 4 members (excludes halogenated alkanes) is 1. The fourth-order valence-electron chi connectivity index (χ4n) is 1.88. The van der Waals surface area contributed by atoms with Crippen LogP contribution in [-0.4, -0.2) is 11.5 Å². The topological polar surface area (TPSA) is 24.9 Å². The van der Waals surface area contributed by atoms with Crippen molar-refractivity contribution in [3.05, 3.63) is 41.0 Å². The Hall–Kier alpha value is -1.56. The highest BCUT2D eigenvalue weighted by molar-refractivity contribution is 6.35. The molecule has 1 aromatic carbocycles. The van der Waals surface area contributed by atoms with Gasteiger partial charge < -0.3 is 5.32 Å². The van der Waals surface area contributed by atoms with E-state index in [2.05, 4.69) is 16.2 Å². The van der Waals surface area contributed by atoms with Crippen LogP contribution in [0.5, 0.6) is 0 Å². The number of nitrogens with one attached hydrogen (secondary N) is 1. The number of hydrogen-bond acceptors (Lipinski definition) is 2. The van der Waals surface area contributed by atoms with Crippen molar-refractivity contribution in [2.24, 2.45) is 0 Å². The summed E-state index contributed by atoms with van der Waals surface area (Å²) in [6.45, 7) is 1.70. The molecule has 18 heavy (non-hydrogen) atoms. The van der Waals surface area contributed by atoms with Crippen molar-refractivity contribution in [3.8, 4) is 12.3 Å². The number of hydrogen-bond donors (Lipinski definition) is 1. The van der Waals surface area contributed by atoms with Gasteiger partial charge in [0.15, 0.2) is 0 Å². The molecule has 2 aromatic rings. The van der Waals surface area contributed by atoms with E-state index in [-0.39, 0.29) is 0 Å². The van der Waals surface area contributed by atoms with E-state index < -0.39 is 0 Å². The van der Waals surface area contributed by atoms with E-state index in [4.69, 9.17) is 18.0 Å². The first-order valence-electron chi connectivity index (χ1n) is 5.99. The van der Waals surface area contributed by atoms with Crippen LogP contribution in [-0.2, 0) is 6.54 Å². The Morgan fingerprint density at radius 2 is 2.22 bits per heavy atom. The minimum atomic E-state index is 0.745. The van der Waals surface area contributed by atoms with Gasteiger partial charge in [0.1, 0.15) is 0 Å². The number of terminal acetylenes is 1. The summed E-state index contributed by atoms with van der Waals surface area (Å²) in [5.41, 5.74) is 2.13. The van der Waals surface area contributed by atoms with Crippen molar-refractivity contribution in [3.63, 3.8) is 0 Å². The van der Waals surface area contributed by atoms with Gasteiger partial charge in [0.2, 0.25) is 0 Å². The summed E-state index contributed by atoms with van der Waals surface area (Å²) in [5, 5.41) is 5.12. The summed E-state index contributed by atoms with van der Waals surface area (Å²) in [6, 6.07) is 7.83. The second kappa shape index (κ2) is 6.39. The normalized spacial score (nSPS) is 10.4. The molecule has 0 fully saturated rings. The van der Waals surface area contributed by atoms with Crippen LogP contribution in [0, 0.1) is 12.3 Å². The maximum atomic E-state index is 6.15. The van der Waals surface area contributed by atoms with E-state index in [1.807, 2.05) is 24.3 Å². The van der Waals surface area contributed by atoms with E-state index in [0.717, 1.165) is 47.4 Å². The Morgan fingerprint density at radius 1 is 1.33 bits per heavy atom. The molecule has 0 saturated carbocycles. The van der Waals surface area contributed by atoms with Crippen molar-refractivity contribution in [2.45, 2.75) is 19.4 Å². The summed E-state index contributed by atoms with van der Waals surface area (Å²) < 4.78 is 0. The van der Waals surface area contributed by atoms with Crippen LogP contribution in [0.3, 0.4) is 0 Å². The molecule has 92 valence electrons. The molecule has 1 aromatic heterocycles. The Kier molecular flexibility index (Phi) is 4.58. The molecule has 0 unspecified atom stereocenters. The molecule has 3 heteroatoms. The summed E-state index contributed by atoms with van der Waals surface area (Å²) in [5.74, 6) is 2.63. The standard InChI is InChI=1S/C15H15ClN2/c1-2-3-4-9-17-11-12-7-8-14(16)13-6-5-10-18-15(12)13/h1,5-8,10,17H,3-4,9,11H2. The Balaban J connectivity index is 2.09. The number of rotatable bonds is 5. The fourth-order valence-corrected chi connectivity index (χ4v) is 2.09. The minimum absolute atomic E-state index is 0.745. The molecule has 0 bridgehead atoms. The van der Waals surface area contributed by atoms with Gasteiger partial charge >= 0.3 is 0 Å². The predicted molar refractivity (Wildman–Crippen MR) is 76.5 cm³/mol. The lowest BCUT2D eigenvalue weighted by Gasteiger charge is -2.08. The van der Waals surface area contributed by atoms with Crippen LogP contribution in [0.1, 0.15) is 18.4 Å². The van der Waals surface area contributed by atoms with Gasteiger partial charge in [0, 0.05) is 29.6 Å². The largest absolute Gasteiger partial charge is 0.313 e. The van der Waals surface area contributed by atoms with Crippen LogP contribution in [0.2, 0.25) is 5.02 Å². The fraction of sp³-hybridized carbons (Fsp3) is 0.267. The smallest absolute Gasteiger partial charge is 0.0761 e. The van der Waals surface area contributed by atoms with Crippen molar-refractivity contribution in [1.29, 1.82) is 0 Å². The van der Waals surface area contributed by atoms with Crippen LogP contribution in [0.25, 0.3) is 10.9 Å². The first kappa shape index (κ1) is 12.9. The lowest BCUT2D eigenvalue weighted by Crippen LogP contribution is -2.14. The van der Waals surface area contributed by atoms with Gasteiger partial charge in [-0.15, -0.1) is 12.3 Å². The number of benzene rings is 1. The molecular formula is C15H15ClN2. The van der Waals surface area contributed by atoms with Gasteiger partial charge in [-0.3, -0.25) is 4.98 Å². The second-order valence-corrected chi connectivity index (χ2v) is 4.50. The molecular weight excluding hydrogens is 244 g/mol. The average molecular weight is 259 g/mol. The first-order chi connectivity index (χ1) is 8.83. The van der Waals surface area contributed by atoms with Gasteiger partial charge in [-0.2, -0.15) is 0 Å². The Morgan fingerprint density at radius 3 is 3.06 bits per heavy atom. The molecule has 1 N–H and O–H groups in total. The van der Waals surface area contributed by atoms with Gasteiger partial charge in [0.25, 0.3) is 0 Å². The molecule has 0 aliphatic rings. The quantitative estimate of drug-likeness (QED) is 0.657. The lowest BCUT2D eigenvalue weighted by molar-refractivity contribution is 0.661. The molecule has 0 saturated heterocycles. The Labute approximate surface area is 112 Å². The summed E-state index contributed by atoms with van der Waals surface area (Å²) in [4.78, 5) is 4.40. The van der Waals surface area contributed by atoms with E-state index >= 15 is 0 Å². The number of fused-ring (bicyclic) bond motifs is 1. The molecule has 0 aliphatic heterocycles. The molecule has 0 radical (unpaired) electrons. The molecule has 1 heterocycles. The van der Waals surface area contributed by atoms with E-state index in [1.165, 1.54) is 0 Å². The maximum Gasteiger partial charge on any atom is 0.0761 e. The third kappa shape index (κ3) is 3.01. The number of pyridine rings is 1. The summed E-state index contributed by atoms with van der Waals surface area (Å²) >= 11 is 6.15. The van der Waals surface area contributed by atoms with Crippen LogP contribution < -0.4 is 5.32 Å². The van der Waals surface area contributed by atoms with Gasteiger partial charge in [-0.1, -0.05) is 17.7 Å². The second-order valence-electron chi connectivity index (χ2n) is 4.09. The highest BCUT2D eigenvalue weighted by atomic mass is 35.5. The average Bonchev–Trinajstić information content (AvgIpc) is 2.41. The van der Waals surface area contributed by atoms with Crippen LogP contribution in [0.15, 0.2) is 30.5 Å². The SMILES string of the molecule is C#CCCCNCc1ccc(Cl)c2cccnc12. The van der Waals surface area contributed by atoms with Crippen molar-refractivity contribution in [1.82, 2.24) is 10.3 Å². The maximum absolute atomic E-state index is 6.15. The third-order valence-corrected chi connectivity index (χ3v) is 3.12.